The van der Waals surface area contributed by atoms with Crippen molar-refractivity contribution in [3.63, 3.8) is 0 Å². The second-order valence-corrected chi connectivity index (χ2v) is 7.06. The number of ether oxygens (including phenoxy) is 1. The van der Waals surface area contributed by atoms with Crippen molar-refractivity contribution in [1.29, 1.82) is 0 Å². The lowest BCUT2D eigenvalue weighted by atomic mass is 9.99. The molecule has 0 fully saturated rings. The van der Waals surface area contributed by atoms with E-state index in [1.165, 1.54) is 14.2 Å². The van der Waals surface area contributed by atoms with Crippen LogP contribution >= 0.6 is 7.60 Å². The number of carbonyl (C=O) groups is 1. The molecule has 118 valence electrons. The molecular formula is C16H19O5P. The van der Waals surface area contributed by atoms with Gasteiger partial charge in [0.2, 0.25) is 0 Å². The van der Waals surface area contributed by atoms with Crippen LogP contribution in [0.25, 0.3) is 10.8 Å². The highest BCUT2D eigenvalue weighted by atomic mass is 31.2. The average Bonchev–Trinajstić information content (AvgIpc) is 2.58. The number of hydrogen-bond acceptors (Lipinski definition) is 5. The molecule has 0 heterocycles. The Morgan fingerprint density at radius 2 is 1.59 bits per heavy atom. The summed E-state index contributed by atoms with van der Waals surface area (Å²) in [6.07, 6.45) is 0. The van der Waals surface area contributed by atoms with Crippen LogP contribution in [0.3, 0.4) is 0 Å². The van der Waals surface area contributed by atoms with E-state index in [4.69, 9.17) is 13.8 Å². The zero-order chi connectivity index (χ0) is 16.3. The van der Waals surface area contributed by atoms with Gasteiger partial charge in [-0.15, -0.1) is 0 Å². The topological polar surface area (TPSA) is 61.8 Å². The van der Waals surface area contributed by atoms with Crippen LogP contribution in [0.5, 0.6) is 5.75 Å². The highest BCUT2D eigenvalue weighted by molar-refractivity contribution is 7.72. The Bertz CT molecular complexity index is 732. The number of methoxy groups -OCH3 is 1. The molecule has 2 aromatic carbocycles. The molecule has 2 rings (SSSR count). The van der Waals surface area contributed by atoms with Gasteiger partial charge in [0.15, 0.2) is 0 Å². The third-order valence-corrected chi connectivity index (χ3v) is 5.58. The van der Waals surface area contributed by atoms with Crippen molar-refractivity contribution < 1.29 is 23.1 Å². The van der Waals surface area contributed by atoms with Crippen LogP contribution in [0.1, 0.15) is 18.4 Å². The number of benzene rings is 2. The number of fused-ring (bicyclic) bond motifs is 1. The maximum Gasteiger partial charge on any atom is 0.396 e. The summed E-state index contributed by atoms with van der Waals surface area (Å²) in [5.41, 5.74) is 0.211. The number of rotatable bonds is 6. The fourth-order valence-electron chi connectivity index (χ4n) is 2.27. The van der Waals surface area contributed by atoms with E-state index in [2.05, 4.69) is 0 Å². The molecule has 6 heteroatoms. The average molecular weight is 322 g/mol. The first kappa shape index (κ1) is 16.7. The van der Waals surface area contributed by atoms with E-state index in [1.807, 2.05) is 36.4 Å². The van der Waals surface area contributed by atoms with Gasteiger partial charge < -0.3 is 13.8 Å². The fraction of sp³-hybridized carbons (Fsp3) is 0.312. The molecule has 0 aromatic heterocycles. The van der Waals surface area contributed by atoms with Gasteiger partial charge in [-0.25, -0.2) is 0 Å². The van der Waals surface area contributed by atoms with Gasteiger partial charge in [0.05, 0.1) is 13.0 Å². The number of carbonyl (C=O) groups excluding carboxylic acids is 1. The fourth-order valence-corrected chi connectivity index (χ4v) is 3.41. The van der Waals surface area contributed by atoms with Gasteiger partial charge in [-0.1, -0.05) is 31.2 Å². The van der Waals surface area contributed by atoms with Crippen LogP contribution in [0.15, 0.2) is 36.4 Å². The van der Waals surface area contributed by atoms with Crippen molar-refractivity contribution in [3.05, 3.63) is 42.0 Å². The van der Waals surface area contributed by atoms with Crippen molar-refractivity contribution in [1.82, 2.24) is 0 Å². The number of hydrogen-bond donors (Lipinski definition) is 0. The van der Waals surface area contributed by atoms with Gasteiger partial charge in [0.25, 0.3) is 5.52 Å². The summed E-state index contributed by atoms with van der Waals surface area (Å²) in [7, 11) is 0.308. The van der Waals surface area contributed by atoms with E-state index in [0.29, 0.717) is 0 Å². The lowest BCUT2D eigenvalue weighted by molar-refractivity contribution is -0.114. The largest absolute Gasteiger partial charge is 0.497 e. The van der Waals surface area contributed by atoms with Gasteiger partial charge in [-0.3, -0.25) is 9.36 Å². The first-order chi connectivity index (χ1) is 10.4. The summed E-state index contributed by atoms with van der Waals surface area (Å²) in [6, 6.07) is 11.3. The summed E-state index contributed by atoms with van der Waals surface area (Å²) in [5.74, 6) is 0.185. The molecule has 5 nitrogen and oxygen atoms in total. The molecule has 0 aliphatic heterocycles. The first-order valence-electron chi connectivity index (χ1n) is 6.79. The molecule has 0 spiro atoms. The highest BCUT2D eigenvalue weighted by Crippen LogP contribution is 2.51. The van der Waals surface area contributed by atoms with Gasteiger partial charge in [-0.05, 0) is 28.5 Å². The van der Waals surface area contributed by atoms with E-state index >= 15 is 0 Å². The molecule has 0 N–H and O–H groups in total. The van der Waals surface area contributed by atoms with Crippen molar-refractivity contribution in [2.45, 2.75) is 12.8 Å². The van der Waals surface area contributed by atoms with Gasteiger partial charge in [0.1, 0.15) is 5.75 Å². The first-order valence-corrected chi connectivity index (χ1v) is 8.33. The summed E-state index contributed by atoms with van der Waals surface area (Å²) in [5, 5.41) is 1.98. The molecule has 0 amide bonds. The van der Waals surface area contributed by atoms with Crippen LogP contribution in [0.4, 0.5) is 0 Å². The van der Waals surface area contributed by atoms with E-state index in [-0.39, 0.29) is 0 Å². The molecule has 0 radical (unpaired) electrons. The SMILES string of the molecule is COc1ccc2cc(C(C)C(=O)P(=O)(OC)OC)ccc2c1. The third kappa shape index (κ3) is 3.07. The van der Waals surface area contributed by atoms with Gasteiger partial charge in [-0.2, -0.15) is 0 Å². The smallest absolute Gasteiger partial charge is 0.396 e. The van der Waals surface area contributed by atoms with E-state index < -0.39 is 19.0 Å². The minimum atomic E-state index is -3.73. The van der Waals surface area contributed by atoms with Crippen LogP contribution in [0, 0.1) is 0 Å². The molecule has 0 saturated heterocycles. The Kier molecular flexibility index (Phi) is 5.01. The second kappa shape index (κ2) is 6.61. The summed E-state index contributed by atoms with van der Waals surface area (Å²) < 4.78 is 26.9. The zero-order valence-corrected chi connectivity index (χ0v) is 13.9. The Balaban J connectivity index is 2.38. The Labute approximate surface area is 129 Å². The predicted molar refractivity (Wildman–Crippen MR) is 85.5 cm³/mol. The maximum absolute atomic E-state index is 12.3. The van der Waals surface area contributed by atoms with Crippen LogP contribution in [0.2, 0.25) is 0 Å². The van der Waals surface area contributed by atoms with Crippen molar-refractivity contribution >= 4 is 23.9 Å². The van der Waals surface area contributed by atoms with Crippen molar-refractivity contribution in [3.8, 4) is 5.75 Å². The molecule has 1 unspecified atom stereocenters. The van der Waals surface area contributed by atoms with E-state index in [9.17, 15) is 9.36 Å². The van der Waals surface area contributed by atoms with E-state index in [0.717, 1.165) is 22.1 Å². The molecule has 0 bridgehead atoms. The standard InChI is InChI=1S/C16H19O5P/c1-11(16(17)22(18,20-3)21-4)12-5-6-14-10-15(19-2)8-7-13(14)9-12/h5-11H,1-4H3. The van der Waals surface area contributed by atoms with Crippen LogP contribution in [-0.4, -0.2) is 26.9 Å². The lowest BCUT2D eigenvalue weighted by Gasteiger charge is -2.17. The molecule has 22 heavy (non-hydrogen) atoms. The monoisotopic (exact) mass is 322 g/mol. The summed E-state index contributed by atoms with van der Waals surface area (Å²) in [6.45, 7) is 1.69. The summed E-state index contributed by atoms with van der Waals surface area (Å²) >= 11 is 0. The molecule has 0 aliphatic carbocycles. The Hall–Kier alpha value is -1.68. The molecule has 0 aliphatic rings. The maximum atomic E-state index is 12.3. The summed E-state index contributed by atoms with van der Waals surface area (Å²) in [4.78, 5) is 12.3. The quantitative estimate of drug-likeness (QED) is 0.753. The Morgan fingerprint density at radius 3 is 2.18 bits per heavy atom. The van der Waals surface area contributed by atoms with Gasteiger partial charge in [0, 0.05) is 14.2 Å². The lowest BCUT2D eigenvalue weighted by Crippen LogP contribution is -2.12. The molecule has 2 aromatic rings. The Morgan fingerprint density at radius 1 is 1.00 bits per heavy atom. The van der Waals surface area contributed by atoms with Gasteiger partial charge >= 0.3 is 7.60 Å². The molecular weight excluding hydrogens is 303 g/mol. The normalized spacial score (nSPS) is 13.1. The zero-order valence-electron chi connectivity index (χ0n) is 13.0. The highest BCUT2D eigenvalue weighted by Gasteiger charge is 2.36. The second-order valence-electron chi connectivity index (χ2n) is 4.90. The predicted octanol–water partition coefficient (Wildman–Crippen LogP) is 3.96. The van der Waals surface area contributed by atoms with Crippen molar-refractivity contribution in [2.24, 2.45) is 0 Å². The van der Waals surface area contributed by atoms with Crippen LogP contribution < -0.4 is 4.74 Å². The third-order valence-electron chi connectivity index (χ3n) is 3.69. The van der Waals surface area contributed by atoms with Crippen LogP contribution in [-0.2, 0) is 18.4 Å². The minimum Gasteiger partial charge on any atom is -0.497 e. The van der Waals surface area contributed by atoms with Crippen molar-refractivity contribution in [2.75, 3.05) is 21.3 Å². The molecule has 1 atom stereocenters. The van der Waals surface area contributed by atoms with E-state index in [1.54, 1.807) is 14.0 Å². The minimum absolute atomic E-state index is 0.551. The molecule has 0 saturated carbocycles.